The molecule has 0 saturated heterocycles. The van der Waals surface area contributed by atoms with E-state index < -0.39 is 5.60 Å². The van der Waals surface area contributed by atoms with Gasteiger partial charge in [-0.1, -0.05) is 13.0 Å². The molecule has 1 aliphatic heterocycles. The quantitative estimate of drug-likeness (QED) is 0.720. The van der Waals surface area contributed by atoms with E-state index in [1.54, 1.807) is 0 Å². The molecule has 3 nitrogen and oxygen atoms in total. The van der Waals surface area contributed by atoms with Gasteiger partial charge in [0.2, 0.25) is 0 Å². The van der Waals surface area contributed by atoms with Gasteiger partial charge in [-0.25, -0.2) is 0 Å². The molecule has 1 atom stereocenters. The second-order valence-corrected chi connectivity index (χ2v) is 6.47. The number of hydrogen-bond donors (Lipinski definition) is 0. The van der Waals surface area contributed by atoms with Crippen LogP contribution in [0.4, 0.5) is 0 Å². The van der Waals surface area contributed by atoms with Crippen molar-refractivity contribution < 1.29 is 9.53 Å². The molecule has 0 bridgehead atoms. The van der Waals surface area contributed by atoms with Crippen molar-refractivity contribution in [3.05, 3.63) is 11.6 Å². The molecule has 0 saturated carbocycles. The molecular formula is C15H25NO2. The summed E-state index contributed by atoms with van der Waals surface area (Å²) in [6.45, 7) is 12.7. The van der Waals surface area contributed by atoms with Crippen LogP contribution in [0.1, 0.15) is 54.4 Å². The minimum Gasteiger partial charge on any atom is -0.460 e. The first-order valence-electron chi connectivity index (χ1n) is 6.54. The largest absolute Gasteiger partial charge is 0.460 e. The summed E-state index contributed by atoms with van der Waals surface area (Å²) in [5.74, 6) is -0.124. The molecule has 102 valence electrons. The van der Waals surface area contributed by atoms with Crippen molar-refractivity contribution >= 4 is 11.7 Å². The number of carbonyl (C=O) groups excluding carboxylic acids is 1. The first-order chi connectivity index (χ1) is 8.11. The maximum Gasteiger partial charge on any atom is 0.306 e. The number of rotatable bonds is 3. The molecule has 18 heavy (non-hydrogen) atoms. The Morgan fingerprint density at radius 1 is 1.44 bits per heavy atom. The lowest BCUT2D eigenvalue weighted by atomic mass is 9.81. The minimum atomic E-state index is -0.398. The maximum absolute atomic E-state index is 11.7. The summed E-state index contributed by atoms with van der Waals surface area (Å²) in [6.07, 6.45) is 3.47. The molecule has 0 amide bonds. The first kappa shape index (κ1) is 14.9. The highest BCUT2D eigenvalue weighted by Crippen LogP contribution is 2.31. The van der Waals surface area contributed by atoms with Gasteiger partial charge in [0.15, 0.2) is 0 Å². The van der Waals surface area contributed by atoms with E-state index in [9.17, 15) is 4.79 Å². The van der Waals surface area contributed by atoms with Crippen LogP contribution in [0.3, 0.4) is 0 Å². The van der Waals surface area contributed by atoms with Crippen molar-refractivity contribution in [2.24, 2.45) is 10.4 Å². The highest BCUT2D eigenvalue weighted by molar-refractivity contribution is 5.98. The highest BCUT2D eigenvalue weighted by atomic mass is 16.6. The van der Waals surface area contributed by atoms with Crippen LogP contribution in [0.15, 0.2) is 16.6 Å². The Hall–Kier alpha value is -1.12. The Balaban J connectivity index is 2.52. The van der Waals surface area contributed by atoms with Crippen molar-refractivity contribution in [2.75, 3.05) is 6.54 Å². The zero-order chi connectivity index (χ0) is 14.0. The second kappa shape index (κ2) is 5.25. The predicted octanol–water partition coefficient (Wildman–Crippen LogP) is 3.54. The third-order valence-corrected chi connectivity index (χ3v) is 3.13. The third kappa shape index (κ3) is 4.63. The molecule has 3 heteroatoms. The van der Waals surface area contributed by atoms with Gasteiger partial charge in [-0.3, -0.25) is 9.79 Å². The third-order valence-electron chi connectivity index (χ3n) is 3.13. The molecule has 0 aliphatic carbocycles. The van der Waals surface area contributed by atoms with E-state index in [-0.39, 0.29) is 11.4 Å². The maximum atomic E-state index is 11.7. The Bertz CT molecular complexity index is 388. The number of nitrogens with zero attached hydrogens (tertiary/aromatic N) is 1. The Morgan fingerprint density at radius 2 is 2.06 bits per heavy atom. The van der Waals surface area contributed by atoms with E-state index in [2.05, 4.69) is 24.9 Å². The van der Waals surface area contributed by atoms with Gasteiger partial charge in [0.05, 0.1) is 0 Å². The predicted molar refractivity (Wildman–Crippen MR) is 74.9 cm³/mol. The molecule has 0 spiro atoms. The van der Waals surface area contributed by atoms with Gasteiger partial charge in [-0.2, -0.15) is 0 Å². The molecule has 1 heterocycles. The van der Waals surface area contributed by atoms with E-state index in [0.29, 0.717) is 6.42 Å². The smallest absolute Gasteiger partial charge is 0.306 e. The van der Waals surface area contributed by atoms with Crippen molar-refractivity contribution in [1.82, 2.24) is 0 Å². The number of aliphatic imine (C=N–C) groups is 1. The number of esters is 1. The van der Waals surface area contributed by atoms with Crippen LogP contribution in [-0.4, -0.2) is 23.8 Å². The molecule has 1 rings (SSSR count). The van der Waals surface area contributed by atoms with Gasteiger partial charge < -0.3 is 4.74 Å². The number of allylic oxidation sites excluding steroid dienone is 1. The standard InChI is InChI=1S/C15H25NO2/c1-11-9-15(6,10-16-12(11)2)8-7-13(17)18-14(3,4)5/h9H,7-8,10H2,1-6H3/t15-/m1/s1. The molecule has 0 fully saturated rings. The average molecular weight is 251 g/mol. The van der Waals surface area contributed by atoms with Crippen LogP contribution in [-0.2, 0) is 9.53 Å². The van der Waals surface area contributed by atoms with Crippen LogP contribution in [0.25, 0.3) is 0 Å². The molecule has 0 N–H and O–H groups in total. The van der Waals surface area contributed by atoms with Crippen LogP contribution in [0, 0.1) is 5.41 Å². The number of hydrogen-bond acceptors (Lipinski definition) is 3. The van der Waals surface area contributed by atoms with E-state index in [4.69, 9.17) is 4.74 Å². The fraction of sp³-hybridized carbons (Fsp3) is 0.733. The monoisotopic (exact) mass is 251 g/mol. The zero-order valence-electron chi connectivity index (χ0n) is 12.5. The van der Waals surface area contributed by atoms with Crippen molar-refractivity contribution in [1.29, 1.82) is 0 Å². The summed E-state index contributed by atoms with van der Waals surface area (Å²) in [5.41, 5.74) is 1.91. The van der Waals surface area contributed by atoms with E-state index in [0.717, 1.165) is 18.7 Å². The summed E-state index contributed by atoms with van der Waals surface area (Å²) in [6, 6.07) is 0. The Labute approximate surface area is 110 Å². The van der Waals surface area contributed by atoms with Gasteiger partial charge in [0.1, 0.15) is 5.60 Å². The summed E-state index contributed by atoms with van der Waals surface area (Å²) < 4.78 is 5.33. The van der Waals surface area contributed by atoms with Crippen molar-refractivity contribution in [2.45, 2.75) is 60.0 Å². The molecule has 1 aliphatic rings. The van der Waals surface area contributed by atoms with E-state index >= 15 is 0 Å². The lowest BCUT2D eigenvalue weighted by molar-refractivity contribution is -0.155. The number of ether oxygens (including phenoxy) is 1. The fourth-order valence-electron chi connectivity index (χ4n) is 2.03. The van der Waals surface area contributed by atoms with Crippen LogP contribution < -0.4 is 0 Å². The van der Waals surface area contributed by atoms with E-state index in [1.165, 1.54) is 5.57 Å². The SMILES string of the molecule is CC1=C[C@@](C)(CCC(=O)OC(C)(C)C)CN=C1C. The molecule has 0 aromatic heterocycles. The Morgan fingerprint density at radius 3 is 2.56 bits per heavy atom. The molecule has 0 aromatic carbocycles. The van der Waals surface area contributed by atoms with E-state index in [1.807, 2.05) is 27.7 Å². The van der Waals surface area contributed by atoms with Gasteiger partial charge in [-0.05, 0) is 46.6 Å². The van der Waals surface area contributed by atoms with Gasteiger partial charge in [-0.15, -0.1) is 0 Å². The number of carbonyl (C=O) groups is 1. The fourth-order valence-corrected chi connectivity index (χ4v) is 2.03. The zero-order valence-corrected chi connectivity index (χ0v) is 12.5. The summed E-state index contributed by atoms with van der Waals surface area (Å²) in [5, 5.41) is 0. The minimum absolute atomic E-state index is 0.0134. The van der Waals surface area contributed by atoms with Crippen molar-refractivity contribution in [3.8, 4) is 0 Å². The summed E-state index contributed by atoms with van der Waals surface area (Å²) in [4.78, 5) is 16.2. The van der Waals surface area contributed by atoms with Gasteiger partial charge >= 0.3 is 5.97 Å². The molecule has 0 unspecified atom stereocenters. The van der Waals surface area contributed by atoms with Crippen LogP contribution in [0.5, 0.6) is 0 Å². The average Bonchev–Trinajstić information content (AvgIpc) is 2.19. The van der Waals surface area contributed by atoms with Crippen molar-refractivity contribution in [3.63, 3.8) is 0 Å². The first-order valence-corrected chi connectivity index (χ1v) is 6.54. The van der Waals surface area contributed by atoms with Crippen LogP contribution >= 0.6 is 0 Å². The number of dihydropyridines is 1. The lowest BCUT2D eigenvalue weighted by Gasteiger charge is -2.29. The van der Waals surface area contributed by atoms with Gasteiger partial charge in [0.25, 0.3) is 0 Å². The highest BCUT2D eigenvalue weighted by Gasteiger charge is 2.27. The normalized spacial score (nSPS) is 24.3. The van der Waals surface area contributed by atoms with Crippen LogP contribution in [0.2, 0.25) is 0 Å². The topological polar surface area (TPSA) is 38.7 Å². The summed E-state index contributed by atoms with van der Waals surface area (Å²) in [7, 11) is 0. The lowest BCUT2D eigenvalue weighted by Crippen LogP contribution is -2.27. The second-order valence-electron chi connectivity index (χ2n) is 6.47. The Kier molecular flexibility index (Phi) is 4.36. The summed E-state index contributed by atoms with van der Waals surface area (Å²) >= 11 is 0. The molecule has 0 aromatic rings. The molecular weight excluding hydrogens is 226 g/mol. The van der Waals surface area contributed by atoms with Gasteiger partial charge in [0, 0.05) is 24.1 Å². The molecule has 0 radical (unpaired) electrons.